The van der Waals surface area contributed by atoms with Crippen molar-refractivity contribution >= 4 is 23.7 Å². The Morgan fingerprint density at radius 1 is 0.719 bits per heavy atom. The van der Waals surface area contributed by atoms with Gasteiger partial charge in [-0.25, -0.2) is 0 Å². The number of carbonyl (C=O) groups excluding carboxylic acids is 3. The molecule has 0 bridgehead atoms. The average molecular weight is 465 g/mol. The standard InChI is InChI=1S/C19H36N4O9/c1-20-15(19(27)28)3-4-16(24)22-5-7-29-10-12-32-14-18(26)23-6-8-30-9-11-31-13-17(25)21-2/h15,20H,3-14H2,1-2H3,(H,21,25)(H,22,24)(H,23,26)(H,27,28)/t15-/m1/s1. The maximum atomic E-state index is 11.6. The van der Waals surface area contributed by atoms with E-state index in [2.05, 4.69) is 21.3 Å². The molecular formula is C19H36N4O9. The molecule has 0 saturated carbocycles. The Kier molecular flexibility index (Phi) is 19.1. The van der Waals surface area contributed by atoms with Gasteiger partial charge < -0.3 is 45.3 Å². The number of rotatable bonds is 21. The van der Waals surface area contributed by atoms with Crippen LogP contribution in [0.3, 0.4) is 0 Å². The Balaban J connectivity index is 3.41. The van der Waals surface area contributed by atoms with Crippen LogP contribution in [0.15, 0.2) is 0 Å². The Morgan fingerprint density at radius 3 is 1.72 bits per heavy atom. The second-order valence-corrected chi connectivity index (χ2v) is 6.42. The van der Waals surface area contributed by atoms with Crippen LogP contribution in [0.1, 0.15) is 12.8 Å². The van der Waals surface area contributed by atoms with Gasteiger partial charge in [-0.05, 0) is 13.5 Å². The molecule has 32 heavy (non-hydrogen) atoms. The topological polar surface area (TPSA) is 174 Å². The summed E-state index contributed by atoms with van der Waals surface area (Å²) in [5, 5.41) is 19.2. The fourth-order valence-electron chi connectivity index (χ4n) is 2.17. The fraction of sp³-hybridized carbons (Fsp3) is 0.789. The van der Waals surface area contributed by atoms with Crippen molar-refractivity contribution in [2.45, 2.75) is 18.9 Å². The number of ether oxygens (including phenoxy) is 4. The van der Waals surface area contributed by atoms with Crippen molar-refractivity contribution in [1.29, 1.82) is 0 Å². The number of nitrogens with one attached hydrogen (secondary N) is 4. The molecule has 13 heteroatoms. The van der Waals surface area contributed by atoms with E-state index in [1.807, 2.05) is 0 Å². The average Bonchev–Trinajstić information content (AvgIpc) is 2.77. The molecule has 186 valence electrons. The number of carboxylic acid groups (broad SMARTS) is 1. The molecule has 0 unspecified atom stereocenters. The van der Waals surface area contributed by atoms with E-state index in [1.54, 1.807) is 0 Å². The summed E-state index contributed by atoms with van der Waals surface area (Å²) in [5.41, 5.74) is 0. The van der Waals surface area contributed by atoms with Crippen LogP contribution in [-0.2, 0) is 38.1 Å². The van der Waals surface area contributed by atoms with Crippen LogP contribution in [-0.4, -0.2) is 115 Å². The van der Waals surface area contributed by atoms with Crippen molar-refractivity contribution in [3.8, 4) is 0 Å². The summed E-state index contributed by atoms with van der Waals surface area (Å²) in [7, 11) is 3.06. The van der Waals surface area contributed by atoms with E-state index >= 15 is 0 Å². The molecule has 3 amide bonds. The highest BCUT2D eigenvalue weighted by Crippen LogP contribution is 1.97. The molecule has 0 aliphatic rings. The predicted octanol–water partition coefficient (Wildman–Crippen LogP) is -2.52. The van der Waals surface area contributed by atoms with E-state index in [-0.39, 0.29) is 70.2 Å². The molecule has 0 rings (SSSR count). The third-order valence-electron chi connectivity index (χ3n) is 3.93. The molecule has 0 aliphatic heterocycles. The van der Waals surface area contributed by atoms with Gasteiger partial charge in [0, 0.05) is 26.6 Å². The lowest BCUT2D eigenvalue weighted by atomic mass is 10.1. The molecule has 0 aromatic heterocycles. The van der Waals surface area contributed by atoms with Crippen LogP contribution in [0.25, 0.3) is 0 Å². The molecular weight excluding hydrogens is 428 g/mol. The summed E-state index contributed by atoms with van der Waals surface area (Å²) in [5.74, 6) is -1.73. The molecule has 13 nitrogen and oxygen atoms in total. The second kappa shape index (κ2) is 20.6. The lowest BCUT2D eigenvalue weighted by molar-refractivity contribution is -0.139. The number of aliphatic carboxylic acids is 1. The summed E-state index contributed by atoms with van der Waals surface area (Å²) < 4.78 is 20.8. The third-order valence-corrected chi connectivity index (χ3v) is 3.93. The molecule has 0 aliphatic carbocycles. The zero-order valence-corrected chi connectivity index (χ0v) is 18.8. The molecule has 0 aromatic carbocycles. The van der Waals surface area contributed by atoms with Gasteiger partial charge in [-0.1, -0.05) is 0 Å². The minimum Gasteiger partial charge on any atom is -0.480 e. The van der Waals surface area contributed by atoms with Crippen LogP contribution < -0.4 is 21.3 Å². The summed E-state index contributed by atoms with van der Waals surface area (Å²) in [4.78, 5) is 44.9. The van der Waals surface area contributed by atoms with Crippen molar-refractivity contribution in [3.05, 3.63) is 0 Å². The first-order valence-corrected chi connectivity index (χ1v) is 10.4. The van der Waals surface area contributed by atoms with Gasteiger partial charge in [0.15, 0.2) is 0 Å². The molecule has 0 radical (unpaired) electrons. The van der Waals surface area contributed by atoms with Gasteiger partial charge >= 0.3 is 5.97 Å². The van der Waals surface area contributed by atoms with E-state index < -0.39 is 12.0 Å². The summed E-state index contributed by atoms with van der Waals surface area (Å²) >= 11 is 0. The maximum absolute atomic E-state index is 11.6. The number of hydrogen-bond donors (Lipinski definition) is 5. The van der Waals surface area contributed by atoms with Crippen molar-refractivity contribution in [2.75, 3.05) is 80.0 Å². The van der Waals surface area contributed by atoms with Crippen molar-refractivity contribution in [3.63, 3.8) is 0 Å². The maximum Gasteiger partial charge on any atom is 0.320 e. The Hall–Kier alpha value is -2.32. The number of likely N-dealkylation sites (N-methyl/N-ethyl adjacent to an activating group) is 2. The Morgan fingerprint density at radius 2 is 1.22 bits per heavy atom. The Labute approximate surface area is 187 Å². The zero-order valence-electron chi connectivity index (χ0n) is 18.8. The minimum absolute atomic E-state index is 0.0156. The zero-order chi connectivity index (χ0) is 24.0. The molecule has 5 N–H and O–H groups in total. The first-order valence-electron chi connectivity index (χ1n) is 10.4. The van der Waals surface area contributed by atoms with Gasteiger partial charge in [0.1, 0.15) is 19.3 Å². The highest BCUT2D eigenvalue weighted by Gasteiger charge is 2.15. The SMILES string of the molecule is CNC(=O)COCCOCCNC(=O)COCCOCCNC(=O)CC[C@@H](NC)C(=O)O. The number of amides is 3. The largest absolute Gasteiger partial charge is 0.480 e. The number of carboxylic acids is 1. The second-order valence-electron chi connectivity index (χ2n) is 6.42. The smallest absolute Gasteiger partial charge is 0.320 e. The first-order chi connectivity index (χ1) is 15.4. The van der Waals surface area contributed by atoms with E-state index in [0.717, 1.165) is 0 Å². The van der Waals surface area contributed by atoms with Gasteiger partial charge in [0.05, 0.1) is 39.6 Å². The van der Waals surface area contributed by atoms with Crippen LogP contribution >= 0.6 is 0 Å². The number of carbonyl (C=O) groups is 4. The third kappa shape index (κ3) is 18.4. The van der Waals surface area contributed by atoms with E-state index in [4.69, 9.17) is 24.1 Å². The van der Waals surface area contributed by atoms with Gasteiger partial charge in [0.2, 0.25) is 17.7 Å². The van der Waals surface area contributed by atoms with Gasteiger partial charge in [-0.2, -0.15) is 0 Å². The summed E-state index contributed by atoms with van der Waals surface area (Å²) in [6.07, 6.45) is 0.306. The molecule has 0 heterocycles. The molecule has 1 atom stereocenters. The monoisotopic (exact) mass is 464 g/mol. The fourth-order valence-corrected chi connectivity index (χ4v) is 2.17. The summed E-state index contributed by atoms with van der Waals surface area (Å²) in [6.45, 7) is 2.20. The van der Waals surface area contributed by atoms with Crippen LogP contribution in [0, 0.1) is 0 Å². The lowest BCUT2D eigenvalue weighted by Crippen LogP contribution is -2.36. The molecule has 0 aromatic rings. The predicted molar refractivity (Wildman–Crippen MR) is 113 cm³/mol. The molecule has 0 fully saturated rings. The van der Waals surface area contributed by atoms with Crippen LogP contribution in [0.5, 0.6) is 0 Å². The van der Waals surface area contributed by atoms with Crippen LogP contribution in [0.4, 0.5) is 0 Å². The van der Waals surface area contributed by atoms with Crippen molar-refractivity contribution < 1.29 is 43.2 Å². The number of hydrogen-bond acceptors (Lipinski definition) is 9. The molecule has 0 spiro atoms. The van der Waals surface area contributed by atoms with Gasteiger partial charge in [0.25, 0.3) is 0 Å². The first kappa shape index (κ1) is 29.7. The minimum atomic E-state index is -0.994. The highest BCUT2D eigenvalue weighted by atomic mass is 16.5. The van der Waals surface area contributed by atoms with Crippen molar-refractivity contribution in [1.82, 2.24) is 21.3 Å². The molecule has 0 saturated heterocycles. The van der Waals surface area contributed by atoms with Crippen molar-refractivity contribution in [2.24, 2.45) is 0 Å². The Bertz CT molecular complexity index is 549. The van der Waals surface area contributed by atoms with Gasteiger partial charge in [-0.3, -0.25) is 19.2 Å². The van der Waals surface area contributed by atoms with E-state index in [1.165, 1.54) is 14.1 Å². The van der Waals surface area contributed by atoms with E-state index in [0.29, 0.717) is 26.3 Å². The quantitative estimate of drug-likeness (QED) is 0.114. The van der Waals surface area contributed by atoms with E-state index in [9.17, 15) is 19.2 Å². The summed E-state index contributed by atoms with van der Waals surface area (Å²) in [6, 6.07) is -0.750. The normalized spacial score (nSPS) is 11.6. The highest BCUT2D eigenvalue weighted by molar-refractivity contribution is 5.78. The van der Waals surface area contributed by atoms with Crippen LogP contribution in [0.2, 0.25) is 0 Å². The lowest BCUT2D eigenvalue weighted by Gasteiger charge is -2.11. The van der Waals surface area contributed by atoms with Gasteiger partial charge in [-0.15, -0.1) is 0 Å².